The van der Waals surface area contributed by atoms with E-state index < -0.39 is 7.14 Å². The Balaban J connectivity index is 1.58. The summed E-state index contributed by atoms with van der Waals surface area (Å²) in [7, 11) is 1.36. The molecule has 0 saturated carbocycles. The Labute approximate surface area is 237 Å². The summed E-state index contributed by atoms with van der Waals surface area (Å²) < 4.78 is 18.6. The van der Waals surface area contributed by atoms with Gasteiger partial charge in [0.15, 0.2) is 5.82 Å². The van der Waals surface area contributed by atoms with Crippen LogP contribution in [0.2, 0.25) is 5.02 Å². The van der Waals surface area contributed by atoms with Crippen LogP contribution in [0.3, 0.4) is 0 Å². The quantitative estimate of drug-likeness (QED) is 0.306. The van der Waals surface area contributed by atoms with Crippen molar-refractivity contribution in [2.75, 3.05) is 69.2 Å². The van der Waals surface area contributed by atoms with Gasteiger partial charge in [0, 0.05) is 48.7 Å². The first-order valence-corrected chi connectivity index (χ1v) is 16.2. The zero-order valence-electron chi connectivity index (χ0n) is 24.0. The van der Waals surface area contributed by atoms with Gasteiger partial charge in [0.2, 0.25) is 5.95 Å². The highest BCUT2D eigenvalue weighted by Gasteiger charge is 2.34. The molecule has 10 heteroatoms. The monoisotopic (exact) mass is 570 g/mol. The van der Waals surface area contributed by atoms with Gasteiger partial charge in [-0.15, -0.1) is 0 Å². The van der Waals surface area contributed by atoms with Crippen LogP contribution in [0.25, 0.3) is 0 Å². The fourth-order valence-corrected chi connectivity index (χ4v) is 6.22. The third kappa shape index (κ3) is 6.86. The van der Waals surface area contributed by atoms with Gasteiger partial charge < -0.3 is 29.7 Å². The normalized spacial score (nSPS) is 18.6. The average Bonchev–Trinajstić information content (AvgIpc) is 3.04. The maximum atomic E-state index is 12.8. The Morgan fingerprint density at radius 1 is 1.08 bits per heavy atom. The summed E-state index contributed by atoms with van der Waals surface area (Å²) >= 11 is 6.43. The molecule has 210 valence electrons. The molecule has 4 rings (SSSR count). The minimum absolute atomic E-state index is 0.178. The van der Waals surface area contributed by atoms with E-state index in [1.165, 1.54) is 0 Å². The van der Waals surface area contributed by atoms with Crippen molar-refractivity contribution in [3.05, 3.63) is 53.7 Å². The van der Waals surface area contributed by atoms with Gasteiger partial charge in [-0.2, -0.15) is 4.98 Å². The standard InChI is InChI=1S/C29H40ClN6O2P/c1-20(2)29(3)18-35(4)14-15-36(19-29)21-12-13-23(25(16-21)38-5)33-28-31-17-22(30)27(34-28)32-24-10-8-9-11-26(24)39(6,7)37/h8-13,16-17,20H,14-15,18-19H2,1-7H3,(H2,31,32,33,34). The fourth-order valence-electron chi connectivity index (χ4n) is 4.93. The molecule has 1 fully saturated rings. The minimum Gasteiger partial charge on any atom is -0.494 e. The van der Waals surface area contributed by atoms with Crippen molar-refractivity contribution < 1.29 is 9.30 Å². The third-order valence-corrected chi connectivity index (χ3v) is 9.43. The van der Waals surface area contributed by atoms with Gasteiger partial charge in [0.05, 0.1) is 24.7 Å². The summed E-state index contributed by atoms with van der Waals surface area (Å²) in [5, 5.41) is 7.62. The molecular weight excluding hydrogens is 531 g/mol. The van der Waals surface area contributed by atoms with Crippen molar-refractivity contribution in [2.45, 2.75) is 20.8 Å². The van der Waals surface area contributed by atoms with E-state index in [2.05, 4.69) is 70.4 Å². The summed E-state index contributed by atoms with van der Waals surface area (Å²) in [4.78, 5) is 13.9. The molecule has 1 aromatic heterocycles. The Bertz CT molecular complexity index is 1360. The average molecular weight is 571 g/mol. The molecule has 0 aliphatic carbocycles. The zero-order chi connectivity index (χ0) is 28.4. The molecule has 1 atom stereocenters. The highest BCUT2D eigenvalue weighted by molar-refractivity contribution is 7.70. The maximum Gasteiger partial charge on any atom is 0.229 e. The molecule has 0 spiro atoms. The van der Waals surface area contributed by atoms with Gasteiger partial charge in [0.1, 0.15) is 17.9 Å². The summed E-state index contributed by atoms with van der Waals surface area (Å²) in [6, 6.07) is 13.7. The van der Waals surface area contributed by atoms with E-state index in [-0.39, 0.29) is 5.41 Å². The second kappa shape index (κ2) is 11.7. The van der Waals surface area contributed by atoms with Crippen molar-refractivity contribution in [1.29, 1.82) is 0 Å². The van der Waals surface area contributed by atoms with E-state index >= 15 is 0 Å². The molecule has 2 heterocycles. The van der Waals surface area contributed by atoms with Crippen molar-refractivity contribution in [2.24, 2.45) is 11.3 Å². The van der Waals surface area contributed by atoms with Crippen molar-refractivity contribution in [3.8, 4) is 5.75 Å². The van der Waals surface area contributed by atoms with Crippen LogP contribution >= 0.6 is 18.7 Å². The van der Waals surface area contributed by atoms with Gasteiger partial charge in [-0.05, 0) is 50.6 Å². The summed E-state index contributed by atoms with van der Waals surface area (Å²) in [6.07, 6.45) is 1.54. The number of methoxy groups -OCH3 is 1. The Morgan fingerprint density at radius 3 is 2.51 bits per heavy atom. The number of benzene rings is 2. The molecule has 8 nitrogen and oxygen atoms in total. The smallest absolute Gasteiger partial charge is 0.229 e. The zero-order valence-corrected chi connectivity index (χ0v) is 25.6. The number of hydrogen-bond donors (Lipinski definition) is 2. The van der Waals surface area contributed by atoms with Crippen molar-refractivity contribution in [3.63, 3.8) is 0 Å². The number of rotatable bonds is 8. The molecule has 1 aliphatic rings. The van der Waals surface area contributed by atoms with E-state index in [1.54, 1.807) is 26.6 Å². The topological polar surface area (TPSA) is 82.6 Å². The summed E-state index contributed by atoms with van der Waals surface area (Å²) in [6.45, 7) is 14.5. The van der Waals surface area contributed by atoms with Crippen molar-refractivity contribution >= 4 is 52.9 Å². The van der Waals surface area contributed by atoms with Crippen molar-refractivity contribution in [1.82, 2.24) is 14.9 Å². The Morgan fingerprint density at radius 2 is 1.82 bits per heavy atom. The van der Waals surface area contributed by atoms with Crippen LogP contribution in [0.15, 0.2) is 48.7 Å². The first kappa shape index (κ1) is 29.2. The van der Waals surface area contributed by atoms with Crippen LogP contribution in [-0.4, -0.2) is 68.5 Å². The number of anilines is 5. The number of hydrogen-bond acceptors (Lipinski definition) is 8. The number of nitrogens with zero attached hydrogens (tertiary/aromatic N) is 4. The summed E-state index contributed by atoms with van der Waals surface area (Å²) in [5.41, 5.74) is 2.76. The largest absolute Gasteiger partial charge is 0.494 e. The van der Waals surface area contributed by atoms with Crippen LogP contribution in [0.1, 0.15) is 20.8 Å². The molecule has 1 saturated heterocycles. The number of likely N-dealkylation sites (N-methyl/N-ethyl adjacent to an activating group) is 1. The molecule has 0 amide bonds. The lowest BCUT2D eigenvalue weighted by Crippen LogP contribution is -2.41. The van der Waals surface area contributed by atoms with E-state index in [9.17, 15) is 4.57 Å². The van der Waals surface area contributed by atoms with E-state index in [0.29, 0.717) is 34.1 Å². The maximum absolute atomic E-state index is 12.8. The van der Waals surface area contributed by atoms with Crippen LogP contribution in [0.4, 0.5) is 28.8 Å². The molecule has 3 aromatic rings. The molecule has 39 heavy (non-hydrogen) atoms. The van der Waals surface area contributed by atoms with Crippen LogP contribution in [0.5, 0.6) is 5.75 Å². The first-order valence-electron chi connectivity index (χ1n) is 13.2. The fraction of sp³-hybridized carbons (Fsp3) is 0.448. The highest BCUT2D eigenvalue weighted by atomic mass is 35.5. The molecular formula is C29H40ClN6O2P. The number of ether oxygens (including phenoxy) is 1. The second-order valence-corrected chi connectivity index (χ2v) is 15.0. The number of halogens is 1. The van der Waals surface area contributed by atoms with Crippen LogP contribution in [-0.2, 0) is 4.57 Å². The highest BCUT2D eigenvalue weighted by Crippen LogP contribution is 2.39. The molecule has 1 aliphatic heterocycles. The second-order valence-electron chi connectivity index (χ2n) is 11.4. The van der Waals surface area contributed by atoms with Gasteiger partial charge in [-0.1, -0.05) is 44.5 Å². The van der Waals surface area contributed by atoms with E-state index in [1.807, 2.05) is 30.3 Å². The lowest BCUT2D eigenvalue weighted by Gasteiger charge is -2.38. The predicted octanol–water partition coefficient (Wildman–Crippen LogP) is 6.29. The lowest BCUT2D eigenvalue weighted by atomic mass is 9.78. The molecule has 0 bridgehead atoms. The van der Waals surface area contributed by atoms with E-state index in [4.69, 9.17) is 16.3 Å². The molecule has 2 N–H and O–H groups in total. The molecule has 0 radical (unpaired) electrons. The first-order chi connectivity index (χ1) is 18.4. The Kier molecular flexibility index (Phi) is 8.79. The van der Waals surface area contributed by atoms with E-state index in [0.717, 1.165) is 42.9 Å². The van der Waals surface area contributed by atoms with Gasteiger partial charge in [-0.3, -0.25) is 0 Å². The third-order valence-electron chi connectivity index (χ3n) is 7.61. The summed E-state index contributed by atoms with van der Waals surface area (Å²) in [5.74, 6) is 2.05. The van der Waals surface area contributed by atoms with Gasteiger partial charge >= 0.3 is 0 Å². The minimum atomic E-state index is -2.51. The predicted molar refractivity (Wildman–Crippen MR) is 165 cm³/mol. The van der Waals surface area contributed by atoms with Crippen LogP contribution in [0, 0.1) is 11.3 Å². The lowest BCUT2D eigenvalue weighted by molar-refractivity contribution is 0.163. The van der Waals surface area contributed by atoms with Crippen LogP contribution < -0.4 is 25.6 Å². The van der Waals surface area contributed by atoms with Gasteiger partial charge in [0.25, 0.3) is 0 Å². The Hall–Kier alpha value is -2.80. The van der Waals surface area contributed by atoms with Gasteiger partial charge in [-0.25, -0.2) is 4.98 Å². The number of para-hydroxylation sites is 1. The molecule has 1 unspecified atom stereocenters. The number of nitrogens with one attached hydrogen (secondary N) is 2. The molecule has 2 aromatic carbocycles. The SMILES string of the molecule is COc1cc(N2CCN(C)CC(C)(C(C)C)C2)ccc1Nc1ncc(Cl)c(Nc2ccccc2P(C)(C)=O)n1. The number of aromatic nitrogens is 2.